The summed E-state index contributed by atoms with van der Waals surface area (Å²) in [6.45, 7) is 6.67. The van der Waals surface area contributed by atoms with Crippen molar-refractivity contribution in [3.63, 3.8) is 0 Å². The molecule has 0 aromatic rings. The summed E-state index contributed by atoms with van der Waals surface area (Å²) in [4.78, 5) is 0. The molecule has 2 unspecified atom stereocenters. The number of hydrogen-bond acceptors (Lipinski definition) is 3. The van der Waals surface area contributed by atoms with Crippen molar-refractivity contribution in [2.24, 2.45) is 11.1 Å². The van der Waals surface area contributed by atoms with Crippen molar-refractivity contribution in [3.05, 3.63) is 0 Å². The van der Waals surface area contributed by atoms with Gasteiger partial charge in [-0.2, -0.15) is 11.8 Å². The Balaban J connectivity index is 2.87. The first-order chi connectivity index (χ1) is 5.94. The molecule has 0 aromatic carbocycles. The molecule has 1 aliphatic rings. The zero-order valence-electron chi connectivity index (χ0n) is 8.84. The molecular formula is C10H21NOS. The van der Waals surface area contributed by atoms with Crippen LogP contribution in [0.2, 0.25) is 0 Å². The van der Waals surface area contributed by atoms with Crippen molar-refractivity contribution in [1.82, 2.24) is 0 Å². The van der Waals surface area contributed by atoms with Crippen molar-refractivity contribution in [2.45, 2.75) is 44.4 Å². The fraction of sp³-hybridized carbons (Fsp3) is 1.00. The van der Waals surface area contributed by atoms with Crippen LogP contribution in [0, 0.1) is 5.41 Å². The molecule has 1 rings (SSSR count). The molecule has 3 heteroatoms. The Labute approximate surface area is 85.3 Å². The Kier molecular flexibility index (Phi) is 3.31. The normalized spacial score (nSPS) is 35.3. The van der Waals surface area contributed by atoms with Gasteiger partial charge in [0.1, 0.15) is 0 Å². The molecule has 1 fully saturated rings. The average Bonchev–Trinajstić information content (AvgIpc) is 2.33. The second-order valence-electron chi connectivity index (χ2n) is 4.61. The lowest BCUT2D eigenvalue weighted by atomic mass is 9.66. The van der Waals surface area contributed by atoms with E-state index in [-0.39, 0.29) is 17.6 Å². The van der Waals surface area contributed by atoms with Gasteiger partial charge in [0.05, 0.1) is 0 Å². The molecule has 3 N–H and O–H groups in total. The number of thioether (sulfide) groups is 1. The van der Waals surface area contributed by atoms with Crippen LogP contribution in [0.5, 0.6) is 0 Å². The minimum Gasteiger partial charge on any atom is -0.396 e. The lowest BCUT2D eigenvalue weighted by Gasteiger charge is -2.44. The molecule has 1 heterocycles. The summed E-state index contributed by atoms with van der Waals surface area (Å²) in [6, 6.07) is 0. The van der Waals surface area contributed by atoms with Crippen LogP contribution in [0.25, 0.3) is 0 Å². The average molecular weight is 203 g/mol. The summed E-state index contributed by atoms with van der Waals surface area (Å²) in [6.07, 6.45) is 1.98. The Bertz CT molecular complexity index is 178. The summed E-state index contributed by atoms with van der Waals surface area (Å²) >= 11 is 1.98. The highest BCUT2D eigenvalue weighted by Crippen LogP contribution is 2.51. The van der Waals surface area contributed by atoms with Crippen LogP contribution in [-0.2, 0) is 0 Å². The van der Waals surface area contributed by atoms with E-state index >= 15 is 0 Å². The molecular weight excluding hydrogens is 182 g/mol. The molecule has 0 spiro atoms. The number of aliphatic hydroxyl groups excluding tert-OH is 1. The molecule has 1 aliphatic heterocycles. The molecule has 2 atom stereocenters. The third kappa shape index (κ3) is 1.88. The maximum Gasteiger partial charge on any atom is 0.0437 e. The SMILES string of the molecule is CC1SCCC1(CCO)C(C)(C)N. The molecule has 0 saturated carbocycles. The van der Waals surface area contributed by atoms with Gasteiger partial charge in [0.2, 0.25) is 0 Å². The van der Waals surface area contributed by atoms with Crippen molar-refractivity contribution in [2.75, 3.05) is 12.4 Å². The smallest absolute Gasteiger partial charge is 0.0437 e. The number of hydrogen-bond donors (Lipinski definition) is 2. The minimum atomic E-state index is -0.182. The van der Waals surface area contributed by atoms with E-state index in [0.717, 1.165) is 12.8 Å². The summed E-state index contributed by atoms with van der Waals surface area (Å²) in [5.74, 6) is 1.18. The van der Waals surface area contributed by atoms with Gasteiger partial charge < -0.3 is 10.8 Å². The topological polar surface area (TPSA) is 46.2 Å². The standard InChI is InChI=1S/C10H21NOS/c1-8-10(4-6-12,5-7-13-8)9(2,3)11/h8,12H,4-7,11H2,1-3H3. The van der Waals surface area contributed by atoms with Gasteiger partial charge >= 0.3 is 0 Å². The zero-order chi connectivity index (χ0) is 10.1. The van der Waals surface area contributed by atoms with E-state index in [1.54, 1.807) is 0 Å². The molecule has 0 amide bonds. The molecule has 13 heavy (non-hydrogen) atoms. The first-order valence-corrected chi connectivity index (χ1v) is 6.00. The fourth-order valence-electron chi connectivity index (χ4n) is 2.48. The van der Waals surface area contributed by atoms with Gasteiger partial charge in [-0.1, -0.05) is 6.92 Å². The van der Waals surface area contributed by atoms with E-state index in [9.17, 15) is 0 Å². The lowest BCUT2D eigenvalue weighted by molar-refractivity contribution is 0.104. The lowest BCUT2D eigenvalue weighted by Crippen LogP contribution is -2.54. The molecule has 78 valence electrons. The van der Waals surface area contributed by atoms with E-state index < -0.39 is 0 Å². The molecule has 2 nitrogen and oxygen atoms in total. The first kappa shape index (κ1) is 11.3. The zero-order valence-corrected chi connectivity index (χ0v) is 9.66. The number of rotatable bonds is 3. The van der Waals surface area contributed by atoms with Gasteiger partial charge in [-0.05, 0) is 32.4 Å². The fourth-order valence-corrected chi connectivity index (χ4v) is 4.17. The molecule has 0 aliphatic carbocycles. The minimum absolute atomic E-state index is 0.131. The van der Waals surface area contributed by atoms with Crippen LogP contribution in [0.4, 0.5) is 0 Å². The third-order valence-corrected chi connectivity index (χ3v) is 4.93. The van der Waals surface area contributed by atoms with Crippen LogP contribution in [-0.4, -0.2) is 28.3 Å². The largest absolute Gasteiger partial charge is 0.396 e. The predicted octanol–water partition coefficient (Wildman–Crippen LogP) is 1.62. The molecule has 0 aromatic heterocycles. The highest BCUT2D eigenvalue weighted by molar-refractivity contribution is 8.00. The molecule has 1 saturated heterocycles. The van der Waals surface area contributed by atoms with Gasteiger partial charge in [0.15, 0.2) is 0 Å². The quantitative estimate of drug-likeness (QED) is 0.732. The summed E-state index contributed by atoms with van der Waals surface area (Å²) in [5, 5.41) is 9.68. The van der Waals surface area contributed by atoms with Crippen LogP contribution in [0.1, 0.15) is 33.6 Å². The van der Waals surface area contributed by atoms with Crippen LogP contribution >= 0.6 is 11.8 Å². The Hall–Kier alpha value is 0.270. The van der Waals surface area contributed by atoms with E-state index in [1.165, 1.54) is 5.75 Å². The summed E-state index contributed by atoms with van der Waals surface area (Å²) < 4.78 is 0. The molecule has 0 radical (unpaired) electrons. The van der Waals surface area contributed by atoms with Gasteiger partial charge in [-0.25, -0.2) is 0 Å². The Morgan fingerprint density at radius 1 is 1.62 bits per heavy atom. The van der Waals surface area contributed by atoms with Crippen molar-refractivity contribution < 1.29 is 5.11 Å². The second kappa shape index (κ2) is 3.79. The highest BCUT2D eigenvalue weighted by atomic mass is 32.2. The summed E-state index contributed by atoms with van der Waals surface area (Å²) in [7, 11) is 0. The second-order valence-corrected chi connectivity index (χ2v) is 6.06. The van der Waals surface area contributed by atoms with Crippen molar-refractivity contribution >= 4 is 11.8 Å². The van der Waals surface area contributed by atoms with E-state index in [2.05, 4.69) is 20.8 Å². The van der Waals surface area contributed by atoms with E-state index in [1.807, 2.05) is 11.8 Å². The van der Waals surface area contributed by atoms with Gasteiger partial charge in [-0.3, -0.25) is 0 Å². The van der Waals surface area contributed by atoms with Crippen LogP contribution in [0.15, 0.2) is 0 Å². The third-order valence-electron chi connectivity index (χ3n) is 3.54. The monoisotopic (exact) mass is 203 g/mol. The Morgan fingerprint density at radius 3 is 2.54 bits per heavy atom. The van der Waals surface area contributed by atoms with E-state index in [4.69, 9.17) is 10.8 Å². The summed E-state index contributed by atoms with van der Waals surface area (Å²) in [5.41, 5.74) is 6.18. The first-order valence-electron chi connectivity index (χ1n) is 4.95. The maximum absolute atomic E-state index is 9.11. The number of aliphatic hydroxyl groups is 1. The van der Waals surface area contributed by atoms with Crippen LogP contribution < -0.4 is 5.73 Å². The van der Waals surface area contributed by atoms with Gasteiger partial charge in [-0.15, -0.1) is 0 Å². The van der Waals surface area contributed by atoms with Crippen molar-refractivity contribution in [3.8, 4) is 0 Å². The maximum atomic E-state index is 9.11. The Morgan fingerprint density at radius 2 is 2.23 bits per heavy atom. The molecule has 0 bridgehead atoms. The van der Waals surface area contributed by atoms with Gasteiger partial charge in [0, 0.05) is 22.8 Å². The van der Waals surface area contributed by atoms with E-state index in [0.29, 0.717) is 5.25 Å². The van der Waals surface area contributed by atoms with Gasteiger partial charge in [0.25, 0.3) is 0 Å². The van der Waals surface area contributed by atoms with Crippen LogP contribution in [0.3, 0.4) is 0 Å². The highest BCUT2D eigenvalue weighted by Gasteiger charge is 2.49. The van der Waals surface area contributed by atoms with Crippen molar-refractivity contribution in [1.29, 1.82) is 0 Å². The number of nitrogens with two attached hydrogens (primary N) is 1. The predicted molar refractivity (Wildman–Crippen MR) is 58.9 cm³/mol.